The highest BCUT2D eigenvalue weighted by atomic mass is 32.2. The van der Waals surface area contributed by atoms with Crippen LogP contribution in [-0.4, -0.2) is 110 Å². The first-order valence-corrected chi connectivity index (χ1v) is 23.1. The first kappa shape index (κ1) is 41.6. The van der Waals surface area contributed by atoms with Crippen molar-refractivity contribution >= 4 is 49.9 Å². The Balaban J connectivity index is 0.854. The third-order valence-corrected chi connectivity index (χ3v) is 14.1. The quantitative estimate of drug-likeness (QED) is 0.0994. The van der Waals surface area contributed by atoms with Crippen LogP contribution in [0.1, 0.15) is 47.2 Å². The van der Waals surface area contributed by atoms with Gasteiger partial charge in [0.15, 0.2) is 11.5 Å². The Hall–Kier alpha value is -6.44. The second-order valence-electron chi connectivity index (χ2n) is 17.0. The van der Waals surface area contributed by atoms with Gasteiger partial charge < -0.3 is 39.0 Å². The Morgan fingerprint density at radius 2 is 1.72 bits per heavy atom. The van der Waals surface area contributed by atoms with E-state index in [1.54, 1.807) is 24.4 Å². The molecule has 1 atom stereocenters. The van der Waals surface area contributed by atoms with Gasteiger partial charge >= 0.3 is 0 Å². The molecule has 3 N–H and O–H groups in total. The van der Waals surface area contributed by atoms with E-state index in [1.807, 2.05) is 12.1 Å². The molecule has 2 aromatic heterocycles. The molecule has 5 aromatic rings. The summed E-state index contributed by atoms with van der Waals surface area (Å²) in [7, 11) is -4.58. The Morgan fingerprint density at radius 3 is 2.48 bits per heavy atom. The summed E-state index contributed by atoms with van der Waals surface area (Å²) >= 11 is 0. The minimum Gasteiger partial charge on any atom is -0.455 e. The number of nitrogens with zero attached hydrogens (tertiary/aromatic N) is 5. The zero-order valence-corrected chi connectivity index (χ0v) is 35.8. The van der Waals surface area contributed by atoms with Gasteiger partial charge in [0.1, 0.15) is 22.8 Å². The van der Waals surface area contributed by atoms with Gasteiger partial charge in [0, 0.05) is 100 Å². The Labute approximate surface area is 369 Å². The molecule has 0 bridgehead atoms. The number of nitrogens with one attached hydrogen (secondary N) is 3. The maximum atomic E-state index is 13.9. The molecule has 1 unspecified atom stereocenters. The highest BCUT2D eigenvalue weighted by molar-refractivity contribution is 7.90. The van der Waals surface area contributed by atoms with Gasteiger partial charge in [-0.2, -0.15) is 0 Å². The number of anilines is 2. The lowest BCUT2D eigenvalue weighted by atomic mass is 9.92. The van der Waals surface area contributed by atoms with E-state index < -0.39 is 31.4 Å². The lowest BCUT2D eigenvalue weighted by Gasteiger charge is -2.42. The molecule has 5 aliphatic rings. The fourth-order valence-corrected chi connectivity index (χ4v) is 10.0. The number of rotatable bonds is 13. The average Bonchev–Trinajstić information content (AvgIpc) is 3.88. The van der Waals surface area contributed by atoms with Crippen LogP contribution in [0.5, 0.6) is 23.0 Å². The van der Waals surface area contributed by atoms with Crippen LogP contribution in [0.15, 0.2) is 78.0 Å². The number of hydrogen-bond acceptors (Lipinski definition) is 14. The molecular weight excluding hydrogens is 845 g/mol. The van der Waals surface area contributed by atoms with E-state index in [-0.39, 0.29) is 47.6 Å². The zero-order valence-electron chi connectivity index (χ0n) is 35.0. The Kier molecular flexibility index (Phi) is 11.2. The topological polar surface area (TPSA) is 211 Å². The van der Waals surface area contributed by atoms with E-state index in [1.165, 1.54) is 30.0 Å². The molecular formula is C45H48N8O10S. The number of piperazine rings is 1. The summed E-state index contributed by atoms with van der Waals surface area (Å²) in [6, 6.07) is 16.2. The van der Waals surface area contributed by atoms with E-state index in [0.717, 1.165) is 85.9 Å². The van der Waals surface area contributed by atoms with Crippen molar-refractivity contribution in [2.75, 3.05) is 69.5 Å². The maximum absolute atomic E-state index is 13.9. The van der Waals surface area contributed by atoms with Gasteiger partial charge in [0.25, 0.3) is 21.6 Å². The van der Waals surface area contributed by atoms with Crippen molar-refractivity contribution in [3.05, 3.63) is 99.9 Å². The lowest BCUT2D eigenvalue weighted by molar-refractivity contribution is -0.384. The number of aromatic amines is 1. The third kappa shape index (κ3) is 8.74. The number of ether oxygens (including phenoxy) is 4. The van der Waals surface area contributed by atoms with Gasteiger partial charge in [0.05, 0.1) is 21.6 Å². The standard InChI is InChI=1S/C45H48N8O10S/c54-44(49-64(58,59)36-4-6-38(39(22-36)53(56)57)47-23-28-8-15-60-16-9-28)37-5-3-33(21-40(37)63-35-18-30-7-10-46-43(30)48-24-35)51-13-11-50(12-14-51)26-34-17-31-19-41-42(62-27-61-41)20-32(31)25-52(34)45(55)29-1-2-29/h3-7,10,18-22,24,28-29,34,47H,1-2,8-9,11-17,23,25-27H2,(H,46,48)(H,49,54). The molecule has 64 heavy (non-hydrogen) atoms. The Bertz CT molecular complexity index is 2730. The van der Waals surface area contributed by atoms with Crippen LogP contribution >= 0.6 is 0 Å². The van der Waals surface area contributed by atoms with Gasteiger partial charge in [-0.1, -0.05) is 0 Å². The number of fused-ring (bicyclic) bond motifs is 3. The molecule has 334 valence electrons. The minimum absolute atomic E-state index is 0.00970. The fraction of sp³-hybridized carbons (Fsp3) is 0.400. The van der Waals surface area contributed by atoms with Crippen LogP contribution in [0.4, 0.5) is 17.1 Å². The Morgan fingerprint density at radius 1 is 0.938 bits per heavy atom. The minimum atomic E-state index is -4.58. The molecule has 0 radical (unpaired) electrons. The molecule has 2 saturated heterocycles. The van der Waals surface area contributed by atoms with Gasteiger partial charge in [-0.25, -0.2) is 18.1 Å². The van der Waals surface area contributed by atoms with Crippen molar-refractivity contribution in [3.63, 3.8) is 0 Å². The van der Waals surface area contributed by atoms with Crippen LogP contribution < -0.4 is 29.1 Å². The predicted molar refractivity (Wildman–Crippen MR) is 234 cm³/mol. The van der Waals surface area contributed by atoms with Gasteiger partial charge in [-0.15, -0.1) is 0 Å². The van der Waals surface area contributed by atoms with E-state index >= 15 is 0 Å². The van der Waals surface area contributed by atoms with Crippen LogP contribution in [-0.2, 0) is 32.5 Å². The molecule has 6 heterocycles. The second-order valence-corrected chi connectivity index (χ2v) is 18.7. The SMILES string of the molecule is O=C(NS(=O)(=O)c1ccc(NCC2CCOCC2)c([N+](=O)[O-])c1)c1ccc(N2CCN(CC3Cc4cc5c(cc4CN3C(=O)C3CC3)OCO5)CC2)cc1Oc1cnc2[nH]ccc2c1. The van der Waals surface area contributed by atoms with Gasteiger partial charge in [-0.3, -0.25) is 24.6 Å². The second kappa shape index (κ2) is 17.3. The smallest absolute Gasteiger partial charge is 0.293 e. The van der Waals surface area contributed by atoms with Crippen molar-refractivity contribution in [2.24, 2.45) is 11.8 Å². The normalized spacial score (nSPS) is 19.0. The number of carbonyl (C=O) groups is 2. The van der Waals surface area contributed by atoms with E-state index in [0.29, 0.717) is 50.8 Å². The van der Waals surface area contributed by atoms with Crippen molar-refractivity contribution in [1.29, 1.82) is 0 Å². The highest BCUT2D eigenvalue weighted by Crippen LogP contribution is 2.40. The summed E-state index contributed by atoms with van der Waals surface area (Å²) in [6.07, 6.45) is 7.47. The van der Waals surface area contributed by atoms with Crippen molar-refractivity contribution in [2.45, 2.75) is 49.6 Å². The number of aromatic nitrogens is 2. The fourth-order valence-electron chi connectivity index (χ4n) is 9.01. The molecule has 18 nitrogen and oxygen atoms in total. The number of nitro groups is 1. The first-order chi connectivity index (χ1) is 31.0. The summed E-state index contributed by atoms with van der Waals surface area (Å²) in [5.41, 5.74) is 3.37. The van der Waals surface area contributed by atoms with Crippen molar-refractivity contribution < 1.29 is 41.9 Å². The largest absolute Gasteiger partial charge is 0.455 e. The number of nitro benzene ring substituents is 1. The van der Waals surface area contributed by atoms with Gasteiger partial charge in [0.2, 0.25) is 12.7 Å². The molecule has 1 saturated carbocycles. The molecule has 3 fully saturated rings. The number of sulfonamides is 1. The number of amides is 2. The first-order valence-electron chi connectivity index (χ1n) is 21.7. The summed E-state index contributed by atoms with van der Waals surface area (Å²) in [5.74, 6) is 1.49. The van der Waals surface area contributed by atoms with Crippen LogP contribution in [0.3, 0.4) is 0 Å². The monoisotopic (exact) mass is 892 g/mol. The summed E-state index contributed by atoms with van der Waals surface area (Å²) in [6.45, 7) is 5.90. The number of hydrogen-bond donors (Lipinski definition) is 3. The summed E-state index contributed by atoms with van der Waals surface area (Å²) < 4.78 is 52.5. The van der Waals surface area contributed by atoms with Crippen LogP contribution in [0, 0.1) is 22.0 Å². The summed E-state index contributed by atoms with van der Waals surface area (Å²) in [4.78, 5) is 52.6. The molecule has 1 aliphatic carbocycles. The molecule has 19 heteroatoms. The number of carbonyl (C=O) groups excluding carboxylic acids is 2. The van der Waals surface area contributed by atoms with Crippen LogP contribution in [0.2, 0.25) is 0 Å². The van der Waals surface area contributed by atoms with E-state index in [9.17, 15) is 28.1 Å². The molecule has 10 rings (SSSR count). The van der Waals surface area contributed by atoms with Crippen molar-refractivity contribution in [3.8, 4) is 23.0 Å². The highest BCUT2D eigenvalue weighted by Gasteiger charge is 2.40. The molecule has 4 aliphatic heterocycles. The van der Waals surface area contributed by atoms with Gasteiger partial charge in [-0.05, 0) is 97.7 Å². The van der Waals surface area contributed by atoms with E-state index in [4.69, 9.17) is 18.9 Å². The molecule has 2 amide bonds. The lowest BCUT2D eigenvalue weighted by Crippen LogP contribution is -2.54. The predicted octanol–water partition coefficient (Wildman–Crippen LogP) is 5.43. The summed E-state index contributed by atoms with van der Waals surface area (Å²) in [5, 5.41) is 16.0. The number of benzene rings is 3. The zero-order chi connectivity index (χ0) is 44.0. The molecule has 0 spiro atoms. The van der Waals surface area contributed by atoms with Crippen molar-refractivity contribution in [1.82, 2.24) is 24.5 Å². The van der Waals surface area contributed by atoms with E-state index in [2.05, 4.69) is 40.8 Å². The average molecular weight is 893 g/mol. The molecule has 3 aromatic carbocycles. The third-order valence-electron chi connectivity index (χ3n) is 12.8. The number of H-pyrrole nitrogens is 1. The maximum Gasteiger partial charge on any atom is 0.293 e. The number of pyridine rings is 1. The van der Waals surface area contributed by atoms with Crippen LogP contribution in [0.25, 0.3) is 11.0 Å².